The summed E-state index contributed by atoms with van der Waals surface area (Å²) in [6, 6.07) is 13.2. The van der Waals surface area contributed by atoms with E-state index in [0.29, 0.717) is 59.3 Å². The highest BCUT2D eigenvalue weighted by molar-refractivity contribution is 6.31. The molecule has 1 aromatic heterocycles. The molecule has 1 amide bonds. The van der Waals surface area contributed by atoms with Crippen LogP contribution >= 0.6 is 11.6 Å². The molecule has 4 rings (SSSR count). The van der Waals surface area contributed by atoms with Crippen molar-refractivity contribution in [2.75, 3.05) is 36.5 Å². The van der Waals surface area contributed by atoms with Crippen molar-refractivity contribution in [1.82, 2.24) is 4.98 Å². The van der Waals surface area contributed by atoms with Gasteiger partial charge in [-0.2, -0.15) is 0 Å². The van der Waals surface area contributed by atoms with Gasteiger partial charge in [0, 0.05) is 34.7 Å². The van der Waals surface area contributed by atoms with Crippen molar-refractivity contribution in [3.05, 3.63) is 64.7 Å². The molecule has 0 unspecified atom stereocenters. The molecule has 2 heterocycles. The maximum atomic E-state index is 12.5. The van der Waals surface area contributed by atoms with E-state index >= 15 is 0 Å². The third-order valence-electron chi connectivity index (χ3n) is 4.71. The van der Waals surface area contributed by atoms with Gasteiger partial charge in [-0.15, -0.1) is 0 Å². The van der Waals surface area contributed by atoms with Crippen molar-refractivity contribution >= 4 is 45.9 Å². The van der Waals surface area contributed by atoms with Crippen LogP contribution in [0.25, 0.3) is 10.9 Å². The zero-order chi connectivity index (χ0) is 20.4. The van der Waals surface area contributed by atoms with Gasteiger partial charge in [0.25, 0.3) is 5.91 Å². The van der Waals surface area contributed by atoms with E-state index in [1.807, 2.05) is 4.90 Å². The van der Waals surface area contributed by atoms with Gasteiger partial charge < -0.3 is 20.1 Å². The fourth-order valence-electron chi connectivity index (χ4n) is 3.25. The van der Waals surface area contributed by atoms with E-state index in [-0.39, 0.29) is 11.5 Å². The average molecular weight is 412 g/mol. The van der Waals surface area contributed by atoms with E-state index in [2.05, 4.69) is 10.3 Å². The normalized spacial score (nSPS) is 14.0. The van der Waals surface area contributed by atoms with Gasteiger partial charge in [-0.05, 0) is 42.5 Å². The first kappa shape index (κ1) is 19.2. The molecule has 0 atom stereocenters. The third kappa shape index (κ3) is 4.16. The number of morpholine rings is 1. The maximum Gasteiger partial charge on any atom is 0.336 e. The molecule has 3 aromatic rings. The largest absolute Gasteiger partial charge is 0.478 e. The number of nitrogens with zero attached hydrogens (tertiary/aromatic N) is 2. The summed E-state index contributed by atoms with van der Waals surface area (Å²) < 4.78 is 5.35. The van der Waals surface area contributed by atoms with Gasteiger partial charge in [0.1, 0.15) is 5.82 Å². The molecule has 0 saturated carbocycles. The number of ether oxygens (including phenoxy) is 1. The molecule has 1 aliphatic rings. The molecule has 2 N–H and O–H groups in total. The molecule has 1 saturated heterocycles. The number of halogens is 1. The zero-order valence-corrected chi connectivity index (χ0v) is 16.1. The Morgan fingerprint density at radius 3 is 2.62 bits per heavy atom. The molecule has 0 spiro atoms. The summed E-state index contributed by atoms with van der Waals surface area (Å²) in [5.41, 5.74) is 1.57. The summed E-state index contributed by atoms with van der Waals surface area (Å²) in [6.07, 6.45) is 0. The number of anilines is 2. The minimum atomic E-state index is -1.05. The van der Waals surface area contributed by atoms with Crippen LogP contribution in [0.1, 0.15) is 20.7 Å². The highest BCUT2D eigenvalue weighted by atomic mass is 35.5. The number of carbonyl (C=O) groups excluding carboxylic acids is 1. The smallest absolute Gasteiger partial charge is 0.336 e. The second-order valence-electron chi connectivity index (χ2n) is 6.63. The number of nitrogens with one attached hydrogen (secondary N) is 1. The Kier molecular flexibility index (Phi) is 5.33. The Bertz CT molecular complexity index is 1100. The van der Waals surface area contributed by atoms with Crippen molar-refractivity contribution in [2.45, 2.75) is 0 Å². The average Bonchev–Trinajstić information content (AvgIpc) is 2.73. The van der Waals surface area contributed by atoms with Gasteiger partial charge in [0.05, 0.1) is 24.3 Å². The first-order chi connectivity index (χ1) is 14.0. The Hall–Kier alpha value is -3.16. The van der Waals surface area contributed by atoms with Crippen LogP contribution in [0.5, 0.6) is 0 Å². The van der Waals surface area contributed by atoms with E-state index < -0.39 is 5.97 Å². The lowest BCUT2D eigenvalue weighted by Gasteiger charge is -2.28. The molecule has 2 aromatic carbocycles. The lowest BCUT2D eigenvalue weighted by Crippen LogP contribution is -2.36. The van der Waals surface area contributed by atoms with Crippen molar-refractivity contribution in [3.63, 3.8) is 0 Å². The number of aromatic carboxylic acids is 1. The van der Waals surface area contributed by atoms with E-state index in [9.17, 15) is 14.7 Å². The lowest BCUT2D eigenvalue weighted by molar-refractivity contribution is 0.0698. The van der Waals surface area contributed by atoms with Crippen molar-refractivity contribution < 1.29 is 19.4 Å². The van der Waals surface area contributed by atoms with Crippen LogP contribution in [-0.2, 0) is 4.74 Å². The fourth-order valence-corrected chi connectivity index (χ4v) is 3.44. The molecule has 1 aliphatic heterocycles. The fraction of sp³-hybridized carbons (Fsp3) is 0.190. The number of rotatable bonds is 4. The Balaban J connectivity index is 1.68. The number of carboxylic acid groups (broad SMARTS) is 1. The molecule has 8 heteroatoms. The number of amides is 1. The molecule has 1 fully saturated rings. The summed E-state index contributed by atoms with van der Waals surface area (Å²) in [4.78, 5) is 30.9. The van der Waals surface area contributed by atoms with Crippen molar-refractivity contribution in [1.29, 1.82) is 0 Å². The molecule has 0 radical (unpaired) electrons. The van der Waals surface area contributed by atoms with Gasteiger partial charge in [0.15, 0.2) is 0 Å². The molecule has 0 bridgehead atoms. The Labute approximate surface area is 171 Å². The topological polar surface area (TPSA) is 91.8 Å². The summed E-state index contributed by atoms with van der Waals surface area (Å²) in [5, 5.41) is 13.4. The standard InChI is InChI=1S/C21H18ClN3O4/c22-14-3-1-2-13(10-14)20(26)23-15-4-5-18-16(11-15)17(21(27)28)12-19(24-18)25-6-8-29-9-7-25/h1-5,10-12H,6-9H2,(H,23,26)(H,27,28). The van der Waals surface area contributed by atoms with Gasteiger partial charge in [0.2, 0.25) is 0 Å². The molecular formula is C21H18ClN3O4. The van der Waals surface area contributed by atoms with Crippen LogP contribution < -0.4 is 10.2 Å². The summed E-state index contributed by atoms with van der Waals surface area (Å²) >= 11 is 5.94. The second-order valence-corrected chi connectivity index (χ2v) is 7.07. The van der Waals surface area contributed by atoms with Gasteiger partial charge in [-0.3, -0.25) is 4.79 Å². The number of hydrogen-bond donors (Lipinski definition) is 2. The predicted molar refractivity (Wildman–Crippen MR) is 111 cm³/mol. The second kappa shape index (κ2) is 8.06. The number of pyridine rings is 1. The van der Waals surface area contributed by atoms with Crippen LogP contribution in [0.4, 0.5) is 11.5 Å². The quantitative estimate of drug-likeness (QED) is 0.680. The first-order valence-electron chi connectivity index (χ1n) is 9.09. The first-order valence-corrected chi connectivity index (χ1v) is 9.47. The monoisotopic (exact) mass is 411 g/mol. The van der Waals surface area contributed by atoms with E-state index in [4.69, 9.17) is 16.3 Å². The minimum absolute atomic E-state index is 0.135. The van der Waals surface area contributed by atoms with E-state index in [1.165, 1.54) is 0 Å². The van der Waals surface area contributed by atoms with Gasteiger partial charge >= 0.3 is 5.97 Å². The summed E-state index contributed by atoms with van der Waals surface area (Å²) in [5.74, 6) is -0.777. The van der Waals surface area contributed by atoms with E-state index in [0.717, 1.165) is 0 Å². The van der Waals surface area contributed by atoms with Crippen LogP contribution in [0.2, 0.25) is 5.02 Å². The molecule has 0 aliphatic carbocycles. The molecule has 29 heavy (non-hydrogen) atoms. The lowest BCUT2D eigenvalue weighted by atomic mass is 10.1. The van der Waals surface area contributed by atoms with Crippen molar-refractivity contribution in [2.24, 2.45) is 0 Å². The Morgan fingerprint density at radius 2 is 1.90 bits per heavy atom. The molecule has 7 nitrogen and oxygen atoms in total. The number of benzene rings is 2. The predicted octanol–water partition coefficient (Wildman–Crippen LogP) is 3.68. The summed E-state index contributed by atoms with van der Waals surface area (Å²) in [7, 11) is 0. The summed E-state index contributed by atoms with van der Waals surface area (Å²) in [6.45, 7) is 2.48. The third-order valence-corrected chi connectivity index (χ3v) is 4.94. The van der Waals surface area contributed by atoms with Crippen molar-refractivity contribution in [3.8, 4) is 0 Å². The van der Waals surface area contributed by atoms with E-state index in [1.54, 1.807) is 48.5 Å². The molecule has 148 valence electrons. The molecular weight excluding hydrogens is 394 g/mol. The van der Waals surface area contributed by atoms with Crippen LogP contribution in [0.15, 0.2) is 48.5 Å². The number of aromatic nitrogens is 1. The number of hydrogen-bond acceptors (Lipinski definition) is 5. The van der Waals surface area contributed by atoms with Crippen LogP contribution in [-0.4, -0.2) is 48.3 Å². The maximum absolute atomic E-state index is 12.5. The number of carbonyl (C=O) groups is 2. The SMILES string of the molecule is O=C(Nc1ccc2nc(N3CCOCC3)cc(C(=O)O)c2c1)c1cccc(Cl)c1. The zero-order valence-electron chi connectivity index (χ0n) is 15.4. The Morgan fingerprint density at radius 1 is 1.10 bits per heavy atom. The minimum Gasteiger partial charge on any atom is -0.478 e. The number of fused-ring (bicyclic) bond motifs is 1. The van der Waals surface area contributed by atoms with Gasteiger partial charge in [-0.25, -0.2) is 9.78 Å². The van der Waals surface area contributed by atoms with Crippen LogP contribution in [0.3, 0.4) is 0 Å². The van der Waals surface area contributed by atoms with Gasteiger partial charge in [-0.1, -0.05) is 17.7 Å². The highest BCUT2D eigenvalue weighted by Crippen LogP contribution is 2.27. The number of carboxylic acids is 1. The van der Waals surface area contributed by atoms with Crippen LogP contribution in [0, 0.1) is 0 Å². The highest BCUT2D eigenvalue weighted by Gasteiger charge is 2.18.